The van der Waals surface area contributed by atoms with Gasteiger partial charge in [0.2, 0.25) is 0 Å². The van der Waals surface area contributed by atoms with Gasteiger partial charge in [-0.05, 0) is 35.9 Å². The van der Waals surface area contributed by atoms with E-state index in [9.17, 15) is 5.02 Å². The number of hydrogen-bond acceptors (Lipinski definition) is 2. The van der Waals surface area contributed by atoms with E-state index in [1.165, 1.54) is 11.1 Å². The number of aryl methyl sites for hydroxylation is 1. The molecule has 2 rings (SSSR count). The van der Waals surface area contributed by atoms with Gasteiger partial charge in [0.1, 0.15) is 5.75 Å². The average Bonchev–Trinajstić information content (AvgIpc) is 2.16. The molecule has 3 heteroatoms. The molecule has 0 fully saturated rings. The largest absolute Gasteiger partial charge is 0.536 e. The minimum atomic E-state index is -0.620. The van der Waals surface area contributed by atoms with Crippen molar-refractivity contribution in [1.29, 1.82) is 0 Å². The third-order valence-corrected chi connectivity index (χ3v) is 2.68. The van der Waals surface area contributed by atoms with E-state index < -0.39 is 7.12 Å². The van der Waals surface area contributed by atoms with Gasteiger partial charge in [-0.15, -0.1) is 0 Å². The minimum absolute atomic E-state index is 0.503. The molecule has 14 heavy (non-hydrogen) atoms. The summed E-state index contributed by atoms with van der Waals surface area (Å²) in [7, 11) is -0.620. The Morgan fingerprint density at radius 2 is 2.21 bits per heavy atom. The highest BCUT2D eigenvalue weighted by Crippen LogP contribution is 2.29. The zero-order valence-electron chi connectivity index (χ0n) is 8.66. The van der Waals surface area contributed by atoms with Crippen molar-refractivity contribution < 1.29 is 9.68 Å². The van der Waals surface area contributed by atoms with Crippen LogP contribution >= 0.6 is 0 Å². The molecule has 0 spiro atoms. The Labute approximate surface area is 85.1 Å². The predicted molar refractivity (Wildman–Crippen MR) is 57.6 cm³/mol. The van der Waals surface area contributed by atoms with Gasteiger partial charge in [-0.2, -0.15) is 0 Å². The fourth-order valence-corrected chi connectivity index (χ4v) is 1.73. The van der Waals surface area contributed by atoms with E-state index in [0.29, 0.717) is 12.2 Å². The van der Waals surface area contributed by atoms with E-state index >= 15 is 0 Å². The molecule has 1 aliphatic rings. The molecule has 0 aromatic heterocycles. The lowest BCUT2D eigenvalue weighted by atomic mass is 9.78. The van der Waals surface area contributed by atoms with Crippen LogP contribution in [0.25, 0.3) is 0 Å². The summed E-state index contributed by atoms with van der Waals surface area (Å²) < 4.78 is 5.38. The molecule has 0 unspecified atom stereocenters. The van der Waals surface area contributed by atoms with Gasteiger partial charge in [0.05, 0.1) is 0 Å². The summed E-state index contributed by atoms with van der Waals surface area (Å²) >= 11 is 0. The molecule has 2 nitrogen and oxygen atoms in total. The topological polar surface area (TPSA) is 29.5 Å². The van der Waals surface area contributed by atoms with Gasteiger partial charge in [0.15, 0.2) is 0 Å². The molecule has 0 radical (unpaired) electrons. The van der Waals surface area contributed by atoms with Gasteiger partial charge in [-0.25, -0.2) is 0 Å². The molecule has 1 N–H and O–H groups in total. The zero-order valence-corrected chi connectivity index (χ0v) is 8.66. The molecule has 0 saturated carbocycles. The van der Waals surface area contributed by atoms with Crippen molar-refractivity contribution >= 4 is 7.12 Å². The minimum Gasteiger partial charge on any atom is -0.536 e. The highest BCUT2D eigenvalue weighted by atomic mass is 16.5. The molecule has 0 atom stereocenters. The van der Waals surface area contributed by atoms with Crippen LogP contribution in [0.2, 0.25) is 6.32 Å². The van der Waals surface area contributed by atoms with Crippen LogP contribution in [0.3, 0.4) is 0 Å². The fourth-order valence-electron chi connectivity index (χ4n) is 1.73. The molecule has 74 valence electrons. The van der Waals surface area contributed by atoms with Gasteiger partial charge >= 0.3 is 7.12 Å². The van der Waals surface area contributed by atoms with Gasteiger partial charge in [0.25, 0.3) is 0 Å². The first kappa shape index (κ1) is 9.59. The summed E-state index contributed by atoms with van der Waals surface area (Å²) in [6, 6.07) is 6.30. The second-order valence-corrected chi connectivity index (χ2v) is 4.13. The van der Waals surface area contributed by atoms with E-state index in [-0.39, 0.29) is 0 Å². The Kier molecular flexibility index (Phi) is 2.51. The number of rotatable bonds is 1. The third-order valence-electron chi connectivity index (χ3n) is 2.68. The molecular formula is C11H15BO2. The Balaban J connectivity index is 2.33. The van der Waals surface area contributed by atoms with Crippen molar-refractivity contribution in [2.45, 2.75) is 32.5 Å². The van der Waals surface area contributed by atoms with Crippen LogP contribution in [0, 0.1) is 0 Å². The van der Waals surface area contributed by atoms with Gasteiger partial charge in [-0.1, -0.05) is 26.0 Å². The molecule has 0 bridgehead atoms. The quantitative estimate of drug-likeness (QED) is 0.688. The maximum atomic E-state index is 9.36. The molecule has 1 aromatic carbocycles. The maximum Gasteiger partial charge on any atom is 0.522 e. The average molecular weight is 190 g/mol. The molecule has 0 amide bonds. The second kappa shape index (κ2) is 3.66. The number of fused-ring (bicyclic) bond motifs is 1. The van der Waals surface area contributed by atoms with Gasteiger partial charge in [-0.3, -0.25) is 0 Å². The highest BCUT2D eigenvalue weighted by molar-refractivity contribution is 6.44. The summed E-state index contributed by atoms with van der Waals surface area (Å²) in [5.74, 6) is 1.36. The second-order valence-electron chi connectivity index (χ2n) is 4.13. The maximum absolute atomic E-state index is 9.36. The molecule has 1 aromatic rings. The Bertz CT molecular complexity index is 336. The Morgan fingerprint density at radius 1 is 1.43 bits per heavy atom. The monoisotopic (exact) mass is 190 g/mol. The fraction of sp³-hybridized carbons (Fsp3) is 0.455. The smallest absolute Gasteiger partial charge is 0.522 e. The zero-order chi connectivity index (χ0) is 10.1. The van der Waals surface area contributed by atoms with Crippen LogP contribution in [-0.2, 0) is 6.42 Å². The lowest BCUT2D eigenvalue weighted by Crippen LogP contribution is -2.26. The standard InChI is InChI=1S/C11H15BO2/c1-8(2)10-4-3-9-5-6-12(13)14-11(9)7-10/h3-4,7-8,13H,5-6H2,1-2H3. The van der Waals surface area contributed by atoms with E-state index in [2.05, 4.69) is 26.0 Å². The molecular weight excluding hydrogens is 175 g/mol. The predicted octanol–water partition coefficient (Wildman–Crippen LogP) is 2.23. The summed E-state index contributed by atoms with van der Waals surface area (Å²) in [5, 5.41) is 9.36. The highest BCUT2D eigenvalue weighted by Gasteiger charge is 2.23. The molecule has 0 saturated heterocycles. The van der Waals surface area contributed by atoms with E-state index in [0.717, 1.165) is 12.2 Å². The number of benzene rings is 1. The van der Waals surface area contributed by atoms with Crippen LogP contribution < -0.4 is 4.65 Å². The van der Waals surface area contributed by atoms with E-state index in [1.54, 1.807) is 0 Å². The molecule has 1 aliphatic heterocycles. The number of hydrogen-bond donors (Lipinski definition) is 1. The summed E-state index contributed by atoms with van der Waals surface area (Å²) in [6.45, 7) is 4.31. The van der Waals surface area contributed by atoms with Gasteiger partial charge in [0, 0.05) is 0 Å². The lowest BCUT2D eigenvalue weighted by Gasteiger charge is -2.21. The molecule has 0 aliphatic carbocycles. The van der Waals surface area contributed by atoms with Crippen molar-refractivity contribution in [1.82, 2.24) is 0 Å². The van der Waals surface area contributed by atoms with Crippen LogP contribution in [0.15, 0.2) is 18.2 Å². The summed E-state index contributed by atoms with van der Waals surface area (Å²) in [6.07, 6.45) is 1.61. The van der Waals surface area contributed by atoms with E-state index in [4.69, 9.17) is 4.65 Å². The summed E-state index contributed by atoms with van der Waals surface area (Å²) in [5.41, 5.74) is 2.47. The van der Waals surface area contributed by atoms with Crippen LogP contribution in [-0.4, -0.2) is 12.1 Å². The van der Waals surface area contributed by atoms with E-state index in [1.807, 2.05) is 6.07 Å². The third kappa shape index (κ3) is 1.78. The van der Waals surface area contributed by atoms with Crippen LogP contribution in [0.4, 0.5) is 0 Å². The van der Waals surface area contributed by atoms with Crippen LogP contribution in [0.1, 0.15) is 30.9 Å². The SMILES string of the molecule is CC(C)c1ccc2c(c1)OB(O)CC2. The Morgan fingerprint density at radius 3 is 2.93 bits per heavy atom. The van der Waals surface area contributed by atoms with Crippen molar-refractivity contribution in [3.05, 3.63) is 29.3 Å². The van der Waals surface area contributed by atoms with Crippen molar-refractivity contribution in [2.24, 2.45) is 0 Å². The first-order valence-electron chi connectivity index (χ1n) is 5.14. The van der Waals surface area contributed by atoms with Crippen LogP contribution in [0.5, 0.6) is 5.75 Å². The Hall–Kier alpha value is -0.955. The molecule has 1 heterocycles. The lowest BCUT2D eigenvalue weighted by molar-refractivity contribution is 0.399. The first-order valence-corrected chi connectivity index (χ1v) is 5.14. The van der Waals surface area contributed by atoms with Crippen molar-refractivity contribution in [3.63, 3.8) is 0 Å². The van der Waals surface area contributed by atoms with Crippen molar-refractivity contribution in [3.8, 4) is 5.75 Å². The van der Waals surface area contributed by atoms with Crippen molar-refractivity contribution in [2.75, 3.05) is 0 Å². The first-order chi connectivity index (χ1) is 6.66. The summed E-state index contributed by atoms with van der Waals surface area (Å²) in [4.78, 5) is 0. The van der Waals surface area contributed by atoms with Gasteiger partial charge < -0.3 is 9.68 Å². The normalized spacial score (nSPS) is 15.3.